The summed E-state index contributed by atoms with van der Waals surface area (Å²) in [6, 6.07) is 20.6. The Labute approximate surface area is 165 Å². The SMILES string of the molecule is Cc1cc(C(C)c2ccccc2)nc(Nc2ccc(-n3ccnc3C)cc2)n1. The quantitative estimate of drug-likeness (QED) is 0.527. The highest BCUT2D eigenvalue weighted by molar-refractivity contribution is 5.56. The summed E-state index contributed by atoms with van der Waals surface area (Å²) in [4.78, 5) is 13.6. The Morgan fingerprint density at radius 3 is 2.36 bits per heavy atom. The number of aromatic nitrogens is 4. The van der Waals surface area contributed by atoms with Crippen molar-refractivity contribution in [3.05, 3.63) is 95.8 Å². The van der Waals surface area contributed by atoms with Gasteiger partial charge in [-0.3, -0.25) is 0 Å². The van der Waals surface area contributed by atoms with Crippen molar-refractivity contribution >= 4 is 11.6 Å². The van der Waals surface area contributed by atoms with Crippen LogP contribution in [0.1, 0.15) is 35.6 Å². The number of nitrogens with zero attached hydrogens (tertiary/aromatic N) is 4. The number of benzene rings is 2. The second-order valence-corrected chi connectivity index (χ2v) is 6.91. The van der Waals surface area contributed by atoms with Crippen molar-refractivity contribution in [2.75, 3.05) is 5.32 Å². The standard InChI is InChI=1S/C23H23N5/c1-16-15-22(17(2)19-7-5-4-6-8-19)27-23(25-16)26-20-9-11-21(12-10-20)28-14-13-24-18(28)3/h4-15,17H,1-3H3,(H,25,26,27). The normalized spacial score (nSPS) is 12.0. The lowest BCUT2D eigenvalue weighted by Gasteiger charge is -2.14. The van der Waals surface area contributed by atoms with Crippen LogP contribution in [-0.2, 0) is 0 Å². The first-order chi connectivity index (χ1) is 13.6. The lowest BCUT2D eigenvalue weighted by atomic mass is 9.97. The summed E-state index contributed by atoms with van der Waals surface area (Å²) >= 11 is 0. The zero-order valence-corrected chi connectivity index (χ0v) is 16.3. The summed E-state index contributed by atoms with van der Waals surface area (Å²) in [6.45, 7) is 6.16. The Kier molecular flexibility index (Phi) is 4.89. The van der Waals surface area contributed by atoms with Crippen molar-refractivity contribution < 1.29 is 0 Å². The van der Waals surface area contributed by atoms with E-state index in [1.54, 1.807) is 6.20 Å². The predicted molar refractivity (Wildman–Crippen MR) is 112 cm³/mol. The molecule has 2 aromatic heterocycles. The molecule has 5 heteroatoms. The van der Waals surface area contributed by atoms with Crippen molar-refractivity contribution in [3.63, 3.8) is 0 Å². The summed E-state index contributed by atoms with van der Waals surface area (Å²) in [5, 5.41) is 3.33. The molecule has 0 bridgehead atoms. The molecule has 0 aliphatic carbocycles. The van der Waals surface area contributed by atoms with Crippen molar-refractivity contribution in [2.45, 2.75) is 26.7 Å². The number of anilines is 2. The van der Waals surface area contributed by atoms with Crippen LogP contribution in [0.3, 0.4) is 0 Å². The summed E-state index contributed by atoms with van der Waals surface area (Å²) in [6.07, 6.45) is 3.76. The first-order valence-corrected chi connectivity index (χ1v) is 9.38. The molecular formula is C23H23N5. The van der Waals surface area contributed by atoms with Gasteiger partial charge in [0.1, 0.15) is 5.82 Å². The average Bonchev–Trinajstić information content (AvgIpc) is 3.14. The third-order valence-corrected chi connectivity index (χ3v) is 4.84. The summed E-state index contributed by atoms with van der Waals surface area (Å²) < 4.78 is 2.05. The number of rotatable bonds is 5. The Morgan fingerprint density at radius 2 is 1.68 bits per heavy atom. The molecule has 0 amide bonds. The van der Waals surface area contributed by atoms with Gasteiger partial charge in [-0.1, -0.05) is 37.3 Å². The van der Waals surface area contributed by atoms with E-state index in [0.717, 1.165) is 28.6 Å². The maximum absolute atomic E-state index is 4.75. The van der Waals surface area contributed by atoms with E-state index in [1.165, 1.54) is 5.56 Å². The molecule has 1 atom stereocenters. The van der Waals surface area contributed by atoms with E-state index >= 15 is 0 Å². The number of hydrogen-bond donors (Lipinski definition) is 1. The minimum absolute atomic E-state index is 0.204. The van der Waals surface area contributed by atoms with Crippen LogP contribution in [0.4, 0.5) is 11.6 Å². The average molecular weight is 369 g/mol. The van der Waals surface area contributed by atoms with E-state index in [1.807, 2.05) is 48.9 Å². The molecule has 4 rings (SSSR count). The van der Waals surface area contributed by atoms with Gasteiger partial charge >= 0.3 is 0 Å². The molecule has 1 unspecified atom stereocenters. The first-order valence-electron chi connectivity index (χ1n) is 9.38. The molecule has 0 saturated heterocycles. The fraction of sp³-hybridized carbons (Fsp3) is 0.174. The molecule has 28 heavy (non-hydrogen) atoms. The summed E-state index contributed by atoms with van der Waals surface area (Å²) in [5.74, 6) is 1.78. The molecule has 5 nitrogen and oxygen atoms in total. The van der Waals surface area contributed by atoms with E-state index in [4.69, 9.17) is 4.98 Å². The molecule has 0 spiro atoms. The monoisotopic (exact) mass is 369 g/mol. The predicted octanol–water partition coefficient (Wildman–Crippen LogP) is 5.17. The van der Waals surface area contributed by atoms with Crippen LogP contribution in [0, 0.1) is 13.8 Å². The zero-order chi connectivity index (χ0) is 19.5. The van der Waals surface area contributed by atoms with Gasteiger partial charge in [0.25, 0.3) is 0 Å². The van der Waals surface area contributed by atoms with Gasteiger partial charge in [0, 0.05) is 35.4 Å². The van der Waals surface area contributed by atoms with E-state index in [2.05, 4.69) is 58.6 Å². The molecule has 0 aliphatic rings. The Hall–Kier alpha value is -3.47. The van der Waals surface area contributed by atoms with Gasteiger partial charge in [-0.15, -0.1) is 0 Å². The number of nitrogens with one attached hydrogen (secondary N) is 1. The molecule has 0 saturated carbocycles. The van der Waals surface area contributed by atoms with Crippen molar-refractivity contribution in [2.24, 2.45) is 0 Å². The van der Waals surface area contributed by atoms with Gasteiger partial charge in [-0.2, -0.15) is 0 Å². The fourth-order valence-corrected chi connectivity index (χ4v) is 3.27. The van der Waals surface area contributed by atoms with E-state index in [-0.39, 0.29) is 5.92 Å². The van der Waals surface area contributed by atoms with Crippen molar-refractivity contribution in [1.82, 2.24) is 19.5 Å². The van der Waals surface area contributed by atoms with E-state index in [0.29, 0.717) is 5.95 Å². The fourth-order valence-electron chi connectivity index (χ4n) is 3.27. The van der Waals surface area contributed by atoms with Gasteiger partial charge in [0.2, 0.25) is 5.95 Å². The number of aryl methyl sites for hydroxylation is 2. The maximum Gasteiger partial charge on any atom is 0.227 e. The Bertz CT molecular complexity index is 1070. The lowest BCUT2D eigenvalue weighted by molar-refractivity contribution is 0.856. The van der Waals surface area contributed by atoms with Crippen LogP contribution in [0.2, 0.25) is 0 Å². The van der Waals surface area contributed by atoms with Crippen LogP contribution < -0.4 is 5.32 Å². The number of hydrogen-bond acceptors (Lipinski definition) is 4. The molecule has 1 N–H and O–H groups in total. The second-order valence-electron chi connectivity index (χ2n) is 6.91. The van der Waals surface area contributed by atoms with Crippen LogP contribution in [0.15, 0.2) is 73.1 Å². The van der Waals surface area contributed by atoms with Crippen molar-refractivity contribution in [3.8, 4) is 5.69 Å². The zero-order valence-electron chi connectivity index (χ0n) is 16.3. The van der Waals surface area contributed by atoms with Crippen LogP contribution in [0.25, 0.3) is 5.69 Å². The Morgan fingerprint density at radius 1 is 0.929 bits per heavy atom. The van der Waals surface area contributed by atoms with Gasteiger partial charge in [-0.05, 0) is 49.7 Å². The topological polar surface area (TPSA) is 55.6 Å². The lowest BCUT2D eigenvalue weighted by Crippen LogP contribution is -2.05. The molecule has 0 aliphatic heterocycles. The van der Waals surface area contributed by atoms with Crippen LogP contribution in [0.5, 0.6) is 0 Å². The third-order valence-electron chi connectivity index (χ3n) is 4.84. The maximum atomic E-state index is 4.75. The minimum atomic E-state index is 0.204. The van der Waals surface area contributed by atoms with Crippen LogP contribution >= 0.6 is 0 Å². The second kappa shape index (κ2) is 7.64. The first kappa shape index (κ1) is 17.9. The molecular weight excluding hydrogens is 346 g/mol. The molecule has 0 radical (unpaired) electrons. The molecule has 4 aromatic rings. The largest absolute Gasteiger partial charge is 0.324 e. The molecule has 2 aromatic carbocycles. The number of imidazole rings is 1. The van der Waals surface area contributed by atoms with Gasteiger partial charge in [0.15, 0.2) is 0 Å². The molecule has 140 valence electrons. The molecule has 0 fully saturated rings. The highest BCUT2D eigenvalue weighted by Gasteiger charge is 2.12. The van der Waals surface area contributed by atoms with E-state index in [9.17, 15) is 0 Å². The highest BCUT2D eigenvalue weighted by Crippen LogP contribution is 2.24. The van der Waals surface area contributed by atoms with Crippen molar-refractivity contribution in [1.29, 1.82) is 0 Å². The van der Waals surface area contributed by atoms with E-state index < -0.39 is 0 Å². The van der Waals surface area contributed by atoms with Gasteiger partial charge in [0.05, 0.1) is 5.69 Å². The smallest absolute Gasteiger partial charge is 0.227 e. The summed E-state index contributed by atoms with van der Waals surface area (Å²) in [5.41, 5.74) is 5.22. The van der Waals surface area contributed by atoms with Gasteiger partial charge in [-0.25, -0.2) is 15.0 Å². The third kappa shape index (κ3) is 3.78. The highest BCUT2D eigenvalue weighted by atomic mass is 15.1. The van der Waals surface area contributed by atoms with Gasteiger partial charge < -0.3 is 9.88 Å². The summed E-state index contributed by atoms with van der Waals surface area (Å²) in [7, 11) is 0. The molecule has 2 heterocycles. The minimum Gasteiger partial charge on any atom is -0.324 e. The Balaban J connectivity index is 1.57. The van der Waals surface area contributed by atoms with Crippen LogP contribution in [-0.4, -0.2) is 19.5 Å².